The van der Waals surface area contributed by atoms with Crippen LogP contribution in [-0.2, 0) is 0 Å². The second-order valence-electron chi connectivity index (χ2n) is 8.41. The second-order valence-corrected chi connectivity index (χ2v) is 8.41. The average Bonchev–Trinajstić information content (AvgIpc) is 2.50. The molecule has 128 valence electrons. The Morgan fingerprint density at radius 1 is 0.714 bits per heavy atom. The minimum atomic E-state index is 0.127. The largest absolute Gasteiger partial charge is 0.313 e. The number of nitrogens with one attached hydrogen (secondary N) is 2. The number of nitrogens with zero attached hydrogens (tertiary/aromatic N) is 2. The molecule has 1 aliphatic heterocycles. The van der Waals surface area contributed by atoms with Crippen molar-refractivity contribution in [3.63, 3.8) is 0 Å². The number of rotatable bonds is 3. The maximum Gasteiger partial charge on any atom is 0.0511 e. The van der Waals surface area contributed by atoms with Crippen molar-refractivity contribution in [2.24, 2.45) is 0 Å². The number of hydrogen-bond donors (Lipinski definition) is 2. The molecule has 0 aromatic carbocycles. The van der Waals surface area contributed by atoms with Gasteiger partial charge < -0.3 is 10.6 Å². The third-order valence-corrected chi connectivity index (χ3v) is 6.64. The lowest BCUT2D eigenvalue weighted by Crippen LogP contribution is -2.61. The summed E-state index contributed by atoms with van der Waals surface area (Å²) >= 11 is 0. The molecule has 0 bridgehead atoms. The summed E-state index contributed by atoms with van der Waals surface area (Å²) in [5.74, 6) is 0. The van der Waals surface area contributed by atoms with Gasteiger partial charge in [-0.1, -0.05) is 0 Å². The van der Waals surface area contributed by atoms with Crippen molar-refractivity contribution in [1.82, 2.24) is 20.4 Å². The summed E-state index contributed by atoms with van der Waals surface area (Å²) in [6.07, 6.45) is 0. The van der Waals surface area contributed by atoms with Gasteiger partial charge in [0.1, 0.15) is 0 Å². The fourth-order valence-electron chi connectivity index (χ4n) is 2.23. The van der Waals surface area contributed by atoms with Crippen LogP contribution < -0.4 is 10.6 Å². The summed E-state index contributed by atoms with van der Waals surface area (Å²) in [5.41, 5.74) is 0.812. The molecule has 0 aliphatic carbocycles. The van der Waals surface area contributed by atoms with Crippen molar-refractivity contribution < 1.29 is 0 Å². The van der Waals surface area contributed by atoms with E-state index in [1.165, 1.54) is 0 Å². The van der Waals surface area contributed by atoms with Crippen molar-refractivity contribution in [1.29, 1.82) is 0 Å². The summed E-state index contributed by atoms with van der Waals surface area (Å²) in [6.45, 7) is 19.0. The Morgan fingerprint density at radius 3 is 1.05 bits per heavy atom. The minimum Gasteiger partial charge on any atom is -0.313 e. The van der Waals surface area contributed by atoms with Crippen LogP contribution in [0.25, 0.3) is 0 Å². The first kappa shape index (κ1) is 20.8. The van der Waals surface area contributed by atoms with Crippen molar-refractivity contribution in [2.45, 2.75) is 77.5 Å². The van der Waals surface area contributed by atoms with E-state index < -0.39 is 0 Å². The molecule has 1 saturated heterocycles. The zero-order valence-electron chi connectivity index (χ0n) is 16.6. The molecule has 2 N–H and O–H groups in total. The lowest BCUT2D eigenvalue weighted by Gasteiger charge is -2.41. The van der Waals surface area contributed by atoms with Gasteiger partial charge in [0.15, 0.2) is 0 Å². The molecule has 0 atom stereocenters. The Bertz CT molecular complexity index is 300. The van der Waals surface area contributed by atoms with E-state index in [4.69, 9.17) is 0 Å². The van der Waals surface area contributed by atoms with Gasteiger partial charge in [-0.15, -0.1) is 0 Å². The minimum absolute atomic E-state index is 0.127. The Hall–Kier alpha value is -0.160. The highest BCUT2D eigenvalue weighted by atomic mass is 15.4. The number of hydrogen-bond acceptors (Lipinski definition) is 4. The van der Waals surface area contributed by atoms with E-state index in [1.807, 2.05) is 14.1 Å². The second kappa shape index (κ2) is 6.53. The van der Waals surface area contributed by atoms with Crippen LogP contribution in [0.3, 0.4) is 0 Å². The number of likely N-dealkylation sites (N-methyl/N-ethyl adjacent to an activating group) is 4. The van der Waals surface area contributed by atoms with Gasteiger partial charge in [-0.05, 0) is 83.6 Å². The molecular formula is C17H40N4. The van der Waals surface area contributed by atoms with Crippen LogP contribution in [0.5, 0.6) is 0 Å². The molecule has 0 aromatic rings. The van der Waals surface area contributed by atoms with Crippen LogP contribution in [0, 0.1) is 0 Å². The van der Waals surface area contributed by atoms with Gasteiger partial charge in [0.2, 0.25) is 0 Å². The summed E-state index contributed by atoms with van der Waals surface area (Å²) < 4.78 is 0. The predicted octanol–water partition coefficient (Wildman–Crippen LogP) is 2.36. The molecule has 1 rings (SSSR count). The molecule has 0 aromatic heterocycles. The SMILES string of the molecule is CN1CN(C)C(C)(C)C1(C)C.CNC(C)(C)C(C)(C)NC. The first-order valence-corrected chi connectivity index (χ1v) is 7.97. The van der Waals surface area contributed by atoms with E-state index in [1.54, 1.807) is 0 Å². The van der Waals surface area contributed by atoms with Gasteiger partial charge in [-0.25, -0.2) is 0 Å². The molecule has 1 heterocycles. The molecule has 0 saturated carbocycles. The van der Waals surface area contributed by atoms with Gasteiger partial charge in [-0.2, -0.15) is 0 Å². The smallest absolute Gasteiger partial charge is 0.0511 e. The van der Waals surface area contributed by atoms with Crippen LogP contribution in [-0.4, -0.2) is 66.8 Å². The lowest BCUT2D eigenvalue weighted by atomic mass is 9.83. The molecule has 0 unspecified atom stereocenters. The van der Waals surface area contributed by atoms with E-state index in [0.29, 0.717) is 0 Å². The highest BCUT2D eigenvalue weighted by Gasteiger charge is 2.48. The van der Waals surface area contributed by atoms with E-state index in [0.717, 1.165) is 6.67 Å². The first-order valence-electron chi connectivity index (χ1n) is 7.97. The lowest BCUT2D eigenvalue weighted by molar-refractivity contribution is 0.134. The highest BCUT2D eigenvalue weighted by molar-refractivity contribution is 5.05. The average molecular weight is 301 g/mol. The van der Waals surface area contributed by atoms with E-state index in [-0.39, 0.29) is 22.2 Å². The predicted molar refractivity (Wildman–Crippen MR) is 94.8 cm³/mol. The Balaban J connectivity index is 0.000000384. The van der Waals surface area contributed by atoms with Crippen molar-refractivity contribution in [3.8, 4) is 0 Å². The zero-order valence-corrected chi connectivity index (χ0v) is 16.6. The molecule has 4 nitrogen and oxygen atoms in total. The van der Waals surface area contributed by atoms with Crippen LogP contribution >= 0.6 is 0 Å². The molecular weight excluding hydrogens is 260 g/mol. The zero-order chi connectivity index (χ0) is 17.3. The molecule has 1 fully saturated rings. The first-order chi connectivity index (χ1) is 9.17. The molecule has 21 heavy (non-hydrogen) atoms. The maximum atomic E-state index is 3.27. The molecule has 1 aliphatic rings. The third kappa shape index (κ3) is 3.98. The molecule has 4 heteroatoms. The summed E-state index contributed by atoms with van der Waals surface area (Å²) in [4.78, 5) is 4.79. The third-order valence-electron chi connectivity index (χ3n) is 6.64. The van der Waals surface area contributed by atoms with Gasteiger partial charge in [0, 0.05) is 22.2 Å². The summed E-state index contributed by atoms with van der Waals surface area (Å²) in [6, 6.07) is 0. The fraction of sp³-hybridized carbons (Fsp3) is 1.00. The van der Waals surface area contributed by atoms with Crippen molar-refractivity contribution in [3.05, 3.63) is 0 Å². The van der Waals surface area contributed by atoms with Crippen molar-refractivity contribution >= 4 is 0 Å². The Kier molecular flexibility index (Phi) is 6.48. The maximum absolute atomic E-state index is 3.27. The Morgan fingerprint density at radius 2 is 0.952 bits per heavy atom. The van der Waals surface area contributed by atoms with Gasteiger partial charge in [0.25, 0.3) is 0 Å². The van der Waals surface area contributed by atoms with Crippen molar-refractivity contribution in [2.75, 3.05) is 34.9 Å². The van der Waals surface area contributed by atoms with Crippen LogP contribution in [0.15, 0.2) is 0 Å². The molecule has 0 radical (unpaired) electrons. The highest BCUT2D eigenvalue weighted by Crippen LogP contribution is 2.37. The van der Waals surface area contributed by atoms with E-state index in [9.17, 15) is 0 Å². The van der Waals surface area contributed by atoms with Gasteiger partial charge >= 0.3 is 0 Å². The Labute approximate surface area is 133 Å². The van der Waals surface area contributed by atoms with E-state index in [2.05, 4.69) is 89.9 Å². The van der Waals surface area contributed by atoms with Crippen LogP contribution in [0.4, 0.5) is 0 Å². The molecule has 0 spiro atoms. The normalized spacial score (nSPS) is 22.9. The topological polar surface area (TPSA) is 30.5 Å². The summed E-state index contributed by atoms with van der Waals surface area (Å²) in [7, 11) is 8.34. The quantitative estimate of drug-likeness (QED) is 0.838. The monoisotopic (exact) mass is 300 g/mol. The van der Waals surface area contributed by atoms with E-state index >= 15 is 0 Å². The summed E-state index contributed by atoms with van der Waals surface area (Å²) in [5, 5.41) is 6.54. The van der Waals surface area contributed by atoms with Gasteiger partial charge in [0.05, 0.1) is 6.67 Å². The van der Waals surface area contributed by atoms with Crippen LogP contribution in [0.2, 0.25) is 0 Å². The van der Waals surface area contributed by atoms with Crippen LogP contribution in [0.1, 0.15) is 55.4 Å². The van der Waals surface area contributed by atoms with Gasteiger partial charge in [-0.3, -0.25) is 9.80 Å². The standard InChI is InChI=1S/C9H20N2.C8H20N2/c1-8(2)9(3,4)11(6)7-10(8)5;1-7(2,9-5)8(3,4)10-6/h7H2,1-6H3;9-10H,1-6H3. The molecule has 0 amide bonds. The fourth-order valence-corrected chi connectivity index (χ4v) is 2.23.